The zero-order chi connectivity index (χ0) is 14.8. The summed E-state index contributed by atoms with van der Waals surface area (Å²) in [5, 5.41) is 13.2. The third-order valence-electron chi connectivity index (χ3n) is 3.50. The molecule has 0 saturated heterocycles. The summed E-state index contributed by atoms with van der Waals surface area (Å²) in [6.07, 6.45) is 0. The summed E-state index contributed by atoms with van der Waals surface area (Å²) in [6, 6.07) is 16.4. The second-order valence-electron chi connectivity index (χ2n) is 5.06. The Bertz CT molecular complexity index is 778. The molecular weight excluding hydrogens is 264 g/mol. The van der Waals surface area contributed by atoms with Crippen molar-refractivity contribution < 1.29 is 9.90 Å². The van der Waals surface area contributed by atoms with E-state index in [1.807, 2.05) is 37.3 Å². The maximum Gasteiger partial charge on any atom is 0.268 e. The second-order valence-corrected chi connectivity index (χ2v) is 5.06. The van der Waals surface area contributed by atoms with Crippen molar-refractivity contribution >= 4 is 16.8 Å². The number of benzene rings is 2. The maximum absolute atomic E-state index is 12.3. The number of hydrogen-bond donors (Lipinski definition) is 3. The highest BCUT2D eigenvalue weighted by molar-refractivity contribution is 5.98. The zero-order valence-corrected chi connectivity index (χ0v) is 11.6. The number of rotatable bonds is 3. The van der Waals surface area contributed by atoms with E-state index in [1.165, 1.54) is 0 Å². The number of hydrogen-bond acceptors (Lipinski definition) is 2. The summed E-state index contributed by atoms with van der Waals surface area (Å²) < 4.78 is 0. The Morgan fingerprint density at radius 1 is 1.14 bits per heavy atom. The Morgan fingerprint density at radius 2 is 1.90 bits per heavy atom. The van der Waals surface area contributed by atoms with Gasteiger partial charge in [0.25, 0.3) is 5.91 Å². The highest BCUT2D eigenvalue weighted by Crippen LogP contribution is 2.21. The van der Waals surface area contributed by atoms with Gasteiger partial charge in [0.2, 0.25) is 0 Å². The van der Waals surface area contributed by atoms with Crippen LogP contribution in [0.2, 0.25) is 0 Å². The van der Waals surface area contributed by atoms with E-state index in [4.69, 9.17) is 0 Å². The molecule has 106 valence electrons. The molecule has 0 bridgehead atoms. The van der Waals surface area contributed by atoms with Gasteiger partial charge in [0, 0.05) is 10.9 Å². The van der Waals surface area contributed by atoms with Gasteiger partial charge in [0.1, 0.15) is 11.4 Å². The fourth-order valence-corrected chi connectivity index (χ4v) is 2.34. The second kappa shape index (κ2) is 5.32. The third kappa shape index (κ3) is 2.74. The van der Waals surface area contributed by atoms with Gasteiger partial charge >= 0.3 is 0 Å². The predicted molar refractivity (Wildman–Crippen MR) is 82.3 cm³/mol. The third-order valence-corrected chi connectivity index (χ3v) is 3.50. The molecule has 0 fully saturated rings. The normalized spacial score (nSPS) is 12.2. The van der Waals surface area contributed by atoms with E-state index in [0.717, 1.165) is 16.5 Å². The van der Waals surface area contributed by atoms with Gasteiger partial charge in [-0.15, -0.1) is 0 Å². The van der Waals surface area contributed by atoms with Crippen LogP contribution in [0.1, 0.15) is 29.0 Å². The van der Waals surface area contributed by atoms with E-state index in [9.17, 15) is 9.90 Å². The molecule has 0 aliphatic rings. The molecule has 21 heavy (non-hydrogen) atoms. The number of aromatic amines is 1. The topological polar surface area (TPSA) is 65.1 Å². The van der Waals surface area contributed by atoms with Crippen molar-refractivity contribution in [1.82, 2.24) is 10.3 Å². The highest BCUT2D eigenvalue weighted by Gasteiger charge is 2.13. The minimum Gasteiger partial charge on any atom is -0.508 e. The van der Waals surface area contributed by atoms with Crippen molar-refractivity contribution in [3.8, 4) is 5.75 Å². The van der Waals surface area contributed by atoms with Crippen molar-refractivity contribution in [1.29, 1.82) is 0 Å². The molecule has 0 unspecified atom stereocenters. The number of phenolic OH excluding ortho intramolecular Hbond substituents is 1. The van der Waals surface area contributed by atoms with Gasteiger partial charge in [-0.25, -0.2) is 0 Å². The average Bonchev–Trinajstić information content (AvgIpc) is 2.91. The quantitative estimate of drug-likeness (QED) is 0.688. The van der Waals surface area contributed by atoms with E-state index >= 15 is 0 Å². The van der Waals surface area contributed by atoms with Crippen LogP contribution >= 0.6 is 0 Å². The Morgan fingerprint density at radius 3 is 2.67 bits per heavy atom. The Kier molecular flexibility index (Phi) is 3.36. The molecule has 4 heteroatoms. The fourth-order valence-electron chi connectivity index (χ4n) is 2.34. The van der Waals surface area contributed by atoms with E-state index in [0.29, 0.717) is 5.69 Å². The number of phenols is 1. The summed E-state index contributed by atoms with van der Waals surface area (Å²) in [7, 11) is 0. The summed E-state index contributed by atoms with van der Waals surface area (Å²) in [6.45, 7) is 1.95. The van der Waals surface area contributed by atoms with Crippen LogP contribution in [0, 0.1) is 0 Å². The zero-order valence-electron chi connectivity index (χ0n) is 11.6. The highest BCUT2D eigenvalue weighted by atomic mass is 16.3. The first-order valence-corrected chi connectivity index (χ1v) is 6.81. The monoisotopic (exact) mass is 280 g/mol. The molecule has 0 spiro atoms. The van der Waals surface area contributed by atoms with Gasteiger partial charge < -0.3 is 15.4 Å². The first-order chi connectivity index (χ1) is 10.1. The lowest BCUT2D eigenvalue weighted by atomic mass is 10.1. The van der Waals surface area contributed by atoms with Crippen molar-refractivity contribution in [3.63, 3.8) is 0 Å². The first-order valence-electron chi connectivity index (χ1n) is 6.81. The Hall–Kier alpha value is -2.75. The van der Waals surface area contributed by atoms with Gasteiger partial charge in [0.05, 0.1) is 6.04 Å². The van der Waals surface area contributed by atoms with Gasteiger partial charge in [0.15, 0.2) is 0 Å². The molecule has 0 radical (unpaired) electrons. The molecular formula is C17H16N2O2. The van der Waals surface area contributed by atoms with Crippen molar-refractivity contribution in [2.24, 2.45) is 0 Å². The lowest BCUT2D eigenvalue weighted by Gasteiger charge is -2.13. The van der Waals surface area contributed by atoms with Crippen LogP contribution in [0.25, 0.3) is 10.9 Å². The molecule has 1 aromatic heterocycles. The molecule has 3 aromatic rings. The number of amides is 1. The van der Waals surface area contributed by atoms with Crippen LogP contribution < -0.4 is 5.32 Å². The van der Waals surface area contributed by atoms with Crippen LogP contribution in [-0.4, -0.2) is 16.0 Å². The molecule has 1 atom stereocenters. The van der Waals surface area contributed by atoms with Crippen LogP contribution in [0.3, 0.4) is 0 Å². The summed E-state index contributed by atoms with van der Waals surface area (Å²) in [5.41, 5.74) is 2.36. The van der Waals surface area contributed by atoms with E-state index in [2.05, 4.69) is 10.3 Å². The first kappa shape index (κ1) is 13.2. The van der Waals surface area contributed by atoms with E-state index < -0.39 is 0 Å². The van der Waals surface area contributed by atoms with Gasteiger partial charge in [-0.1, -0.05) is 30.3 Å². The Balaban J connectivity index is 1.80. The number of aromatic nitrogens is 1. The van der Waals surface area contributed by atoms with Crippen LogP contribution in [0.4, 0.5) is 0 Å². The SMILES string of the molecule is C[C@@H](NC(=O)c1cc2cc(O)ccc2[nH]1)c1ccccc1. The molecule has 3 rings (SSSR count). The average molecular weight is 280 g/mol. The standard InChI is InChI=1S/C17H16N2O2/c1-11(12-5-3-2-4-6-12)18-17(21)16-10-13-9-14(20)7-8-15(13)19-16/h2-11,19-20H,1H3,(H,18,21)/t11-/m1/s1. The van der Waals surface area contributed by atoms with Crippen molar-refractivity contribution in [2.75, 3.05) is 0 Å². The predicted octanol–water partition coefficient (Wildman–Crippen LogP) is 3.36. The maximum atomic E-state index is 12.3. The molecule has 0 aliphatic carbocycles. The van der Waals surface area contributed by atoms with Crippen molar-refractivity contribution in [3.05, 3.63) is 65.9 Å². The molecule has 4 nitrogen and oxygen atoms in total. The summed E-state index contributed by atoms with van der Waals surface area (Å²) >= 11 is 0. The molecule has 3 N–H and O–H groups in total. The van der Waals surface area contributed by atoms with Crippen LogP contribution in [0.15, 0.2) is 54.6 Å². The molecule has 2 aromatic carbocycles. The van der Waals surface area contributed by atoms with E-state index in [1.54, 1.807) is 24.3 Å². The Labute approximate surface area is 122 Å². The lowest BCUT2D eigenvalue weighted by Crippen LogP contribution is -2.26. The number of carbonyl (C=O) groups excluding carboxylic acids is 1. The largest absolute Gasteiger partial charge is 0.508 e. The minimum atomic E-state index is -0.165. The minimum absolute atomic E-state index is 0.0708. The van der Waals surface area contributed by atoms with Gasteiger partial charge in [-0.2, -0.15) is 0 Å². The molecule has 1 heterocycles. The fraction of sp³-hybridized carbons (Fsp3) is 0.118. The smallest absolute Gasteiger partial charge is 0.268 e. The van der Waals surface area contributed by atoms with Crippen molar-refractivity contribution in [2.45, 2.75) is 13.0 Å². The number of aromatic hydroxyl groups is 1. The summed E-state index contributed by atoms with van der Waals surface area (Å²) in [4.78, 5) is 15.3. The molecule has 1 amide bonds. The number of nitrogens with one attached hydrogen (secondary N) is 2. The van der Waals surface area contributed by atoms with Gasteiger partial charge in [-0.3, -0.25) is 4.79 Å². The number of fused-ring (bicyclic) bond motifs is 1. The van der Waals surface area contributed by atoms with E-state index in [-0.39, 0.29) is 17.7 Å². The number of carbonyl (C=O) groups is 1. The summed E-state index contributed by atoms with van der Waals surface area (Å²) in [5.74, 6) is 0.0214. The number of H-pyrrole nitrogens is 1. The molecule has 0 aliphatic heterocycles. The van der Waals surface area contributed by atoms with Crippen LogP contribution in [-0.2, 0) is 0 Å². The van der Waals surface area contributed by atoms with Gasteiger partial charge in [-0.05, 0) is 36.8 Å². The molecule has 0 saturated carbocycles. The van der Waals surface area contributed by atoms with Crippen LogP contribution in [0.5, 0.6) is 5.75 Å². The lowest BCUT2D eigenvalue weighted by molar-refractivity contribution is 0.0935.